The number of esters is 1. The minimum absolute atomic E-state index is 0.144. The van der Waals surface area contributed by atoms with Crippen LogP contribution < -0.4 is 0 Å². The molecule has 0 saturated carbocycles. The lowest BCUT2D eigenvalue weighted by molar-refractivity contribution is -0.141. The van der Waals surface area contributed by atoms with Gasteiger partial charge in [-0.05, 0) is 6.07 Å². The molecule has 3 rings (SSSR count). The summed E-state index contributed by atoms with van der Waals surface area (Å²) in [6.45, 7) is 0.144. The SMILES string of the molecule is COC(=O)Cn1cc(-c2nnco2)c2ccccc21. The zero-order valence-electron chi connectivity index (χ0n) is 10.2. The van der Waals surface area contributed by atoms with Crippen molar-refractivity contribution < 1.29 is 13.9 Å². The van der Waals surface area contributed by atoms with Gasteiger partial charge < -0.3 is 13.7 Å². The van der Waals surface area contributed by atoms with Crippen LogP contribution in [0.1, 0.15) is 0 Å². The van der Waals surface area contributed by atoms with Gasteiger partial charge in [-0.25, -0.2) is 0 Å². The minimum Gasteiger partial charge on any atom is -0.468 e. The monoisotopic (exact) mass is 257 g/mol. The molecule has 0 fully saturated rings. The fraction of sp³-hybridized carbons (Fsp3) is 0.154. The maximum atomic E-state index is 11.4. The molecule has 2 heterocycles. The number of rotatable bonds is 3. The highest BCUT2D eigenvalue weighted by Crippen LogP contribution is 2.29. The van der Waals surface area contributed by atoms with Crippen LogP contribution in [0.2, 0.25) is 0 Å². The van der Waals surface area contributed by atoms with Crippen molar-refractivity contribution in [1.29, 1.82) is 0 Å². The Kier molecular flexibility index (Phi) is 2.75. The van der Waals surface area contributed by atoms with E-state index in [1.165, 1.54) is 13.5 Å². The molecule has 0 aliphatic rings. The summed E-state index contributed by atoms with van der Waals surface area (Å²) in [5, 5.41) is 8.53. The molecule has 1 aromatic carbocycles. The van der Waals surface area contributed by atoms with Gasteiger partial charge in [0.1, 0.15) is 6.54 Å². The van der Waals surface area contributed by atoms with Gasteiger partial charge in [0, 0.05) is 17.1 Å². The molecule has 3 aromatic rings. The molecule has 0 aliphatic heterocycles. The van der Waals surface area contributed by atoms with Crippen LogP contribution in [-0.4, -0.2) is 27.8 Å². The molecule has 0 atom stereocenters. The van der Waals surface area contributed by atoms with Crippen molar-refractivity contribution in [1.82, 2.24) is 14.8 Å². The van der Waals surface area contributed by atoms with Crippen molar-refractivity contribution >= 4 is 16.9 Å². The molecular weight excluding hydrogens is 246 g/mol. The summed E-state index contributed by atoms with van der Waals surface area (Å²) in [4.78, 5) is 11.4. The number of carbonyl (C=O) groups is 1. The first-order valence-corrected chi connectivity index (χ1v) is 5.71. The summed E-state index contributed by atoms with van der Waals surface area (Å²) in [6, 6.07) is 7.71. The Morgan fingerprint density at radius 1 is 1.42 bits per heavy atom. The molecule has 6 heteroatoms. The number of benzene rings is 1. The molecule has 0 N–H and O–H groups in total. The van der Waals surface area contributed by atoms with E-state index in [9.17, 15) is 4.79 Å². The van der Waals surface area contributed by atoms with Crippen LogP contribution in [0.3, 0.4) is 0 Å². The second-order valence-corrected chi connectivity index (χ2v) is 4.01. The third-order valence-electron chi connectivity index (χ3n) is 2.91. The number of methoxy groups -OCH3 is 1. The Labute approximate surface area is 108 Å². The van der Waals surface area contributed by atoms with Crippen molar-refractivity contribution in [2.24, 2.45) is 0 Å². The molecule has 0 amide bonds. The Morgan fingerprint density at radius 3 is 3.00 bits per heavy atom. The second kappa shape index (κ2) is 4.56. The summed E-state index contributed by atoms with van der Waals surface area (Å²) >= 11 is 0. The molecule has 0 radical (unpaired) electrons. The van der Waals surface area contributed by atoms with Crippen molar-refractivity contribution in [3.8, 4) is 11.5 Å². The molecule has 0 unspecified atom stereocenters. The van der Waals surface area contributed by atoms with E-state index in [0.29, 0.717) is 5.89 Å². The van der Waals surface area contributed by atoms with Gasteiger partial charge in [0.05, 0.1) is 12.7 Å². The van der Waals surface area contributed by atoms with Gasteiger partial charge in [-0.3, -0.25) is 4.79 Å². The van der Waals surface area contributed by atoms with Crippen LogP contribution in [-0.2, 0) is 16.1 Å². The van der Waals surface area contributed by atoms with Gasteiger partial charge in [-0.2, -0.15) is 0 Å². The topological polar surface area (TPSA) is 70.2 Å². The number of fused-ring (bicyclic) bond motifs is 1. The standard InChI is InChI=1S/C13H11N3O3/c1-18-12(17)7-16-6-10(13-15-14-8-19-13)9-4-2-3-5-11(9)16/h2-6,8H,7H2,1H3. The quantitative estimate of drug-likeness (QED) is 0.670. The number of aromatic nitrogens is 3. The summed E-state index contributed by atoms with van der Waals surface area (Å²) in [6.07, 6.45) is 3.09. The first kappa shape index (κ1) is 11.5. The van der Waals surface area contributed by atoms with E-state index in [1.807, 2.05) is 30.5 Å². The zero-order valence-corrected chi connectivity index (χ0v) is 10.2. The van der Waals surface area contributed by atoms with Crippen molar-refractivity contribution in [2.45, 2.75) is 6.54 Å². The molecule has 0 spiro atoms. The number of hydrogen-bond acceptors (Lipinski definition) is 5. The highest BCUT2D eigenvalue weighted by molar-refractivity contribution is 5.94. The third-order valence-corrected chi connectivity index (χ3v) is 2.91. The summed E-state index contributed by atoms with van der Waals surface area (Å²) in [5.74, 6) is 0.123. The summed E-state index contributed by atoms with van der Waals surface area (Å²) < 4.78 is 11.7. The van der Waals surface area contributed by atoms with E-state index in [4.69, 9.17) is 9.15 Å². The van der Waals surface area contributed by atoms with Crippen LogP contribution in [0.4, 0.5) is 0 Å². The average molecular weight is 257 g/mol. The maximum Gasteiger partial charge on any atom is 0.325 e. The van der Waals surface area contributed by atoms with Crippen molar-refractivity contribution in [3.63, 3.8) is 0 Å². The molecule has 96 valence electrons. The van der Waals surface area contributed by atoms with Gasteiger partial charge in [0.15, 0.2) is 0 Å². The van der Waals surface area contributed by atoms with Crippen LogP contribution in [0.25, 0.3) is 22.4 Å². The highest BCUT2D eigenvalue weighted by atomic mass is 16.5. The van der Waals surface area contributed by atoms with Gasteiger partial charge in [0.25, 0.3) is 0 Å². The first-order valence-electron chi connectivity index (χ1n) is 5.71. The summed E-state index contributed by atoms with van der Waals surface area (Å²) in [7, 11) is 1.37. The second-order valence-electron chi connectivity index (χ2n) is 4.01. The first-order chi connectivity index (χ1) is 9.29. The van der Waals surface area contributed by atoms with E-state index < -0.39 is 0 Å². The molecule has 0 bridgehead atoms. The Morgan fingerprint density at radius 2 is 2.26 bits per heavy atom. The Bertz CT molecular complexity index is 716. The lowest BCUT2D eigenvalue weighted by Crippen LogP contribution is -2.10. The highest BCUT2D eigenvalue weighted by Gasteiger charge is 2.15. The van der Waals surface area contributed by atoms with Gasteiger partial charge in [-0.15, -0.1) is 10.2 Å². The minimum atomic E-state index is -0.308. The summed E-state index contributed by atoms with van der Waals surface area (Å²) in [5.41, 5.74) is 1.72. The fourth-order valence-electron chi connectivity index (χ4n) is 2.04. The maximum absolute atomic E-state index is 11.4. The Hall–Kier alpha value is -2.63. The molecule has 0 aliphatic carbocycles. The fourth-order valence-corrected chi connectivity index (χ4v) is 2.04. The molecule has 2 aromatic heterocycles. The molecule has 0 saturated heterocycles. The van der Waals surface area contributed by atoms with E-state index in [0.717, 1.165) is 16.5 Å². The third kappa shape index (κ3) is 1.97. The number of ether oxygens (including phenoxy) is 1. The lowest BCUT2D eigenvalue weighted by atomic mass is 10.2. The normalized spacial score (nSPS) is 10.8. The number of para-hydroxylation sites is 1. The van der Waals surface area contributed by atoms with Gasteiger partial charge >= 0.3 is 5.97 Å². The zero-order chi connectivity index (χ0) is 13.2. The lowest BCUT2D eigenvalue weighted by Gasteiger charge is -2.02. The predicted molar refractivity (Wildman–Crippen MR) is 67.2 cm³/mol. The molecule has 6 nitrogen and oxygen atoms in total. The van der Waals surface area contributed by atoms with Crippen LogP contribution >= 0.6 is 0 Å². The number of nitrogens with zero attached hydrogens (tertiary/aromatic N) is 3. The number of carbonyl (C=O) groups excluding carboxylic acids is 1. The smallest absolute Gasteiger partial charge is 0.325 e. The van der Waals surface area contributed by atoms with Gasteiger partial charge in [0.2, 0.25) is 12.3 Å². The van der Waals surface area contributed by atoms with E-state index in [2.05, 4.69) is 10.2 Å². The van der Waals surface area contributed by atoms with Gasteiger partial charge in [-0.1, -0.05) is 18.2 Å². The van der Waals surface area contributed by atoms with Crippen LogP contribution in [0, 0.1) is 0 Å². The molecular formula is C13H11N3O3. The van der Waals surface area contributed by atoms with Crippen LogP contribution in [0.15, 0.2) is 41.3 Å². The molecule has 19 heavy (non-hydrogen) atoms. The predicted octanol–water partition coefficient (Wildman–Crippen LogP) is 1.86. The van der Waals surface area contributed by atoms with Crippen molar-refractivity contribution in [2.75, 3.05) is 7.11 Å². The Balaban J connectivity index is 2.16. The number of hydrogen-bond donors (Lipinski definition) is 0. The van der Waals surface area contributed by atoms with E-state index >= 15 is 0 Å². The largest absolute Gasteiger partial charge is 0.468 e. The van der Waals surface area contributed by atoms with E-state index in [-0.39, 0.29) is 12.5 Å². The van der Waals surface area contributed by atoms with E-state index in [1.54, 1.807) is 4.57 Å². The average Bonchev–Trinajstić information content (AvgIpc) is 3.07. The van der Waals surface area contributed by atoms with Crippen molar-refractivity contribution in [3.05, 3.63) is 36.9 Å². The van der Waals surface area contributed by atoms with Crippen LogP contribution in [0.5, 0.6) is 0 Å².